The van der Waals surface area contributed by atoms with Gasteiger partial charge in [0, 0.05) is 26.3 Å². The van der Waals surface area contributed by atoms with Crippen LogP contribution in [0.1, 0.15) is 24.0 Å². The van der Waals surface area contributed by atoms with Crippen molar-refractivity contribution in [3.05, 3.63) is 64.4 Å². The Balaban J connectivity index is 0.00000338. The molecule has 0 aliphatic heterocycles. The van der Waals surface area contributed by atoms with Crippen molar-refractivity contribution in [1.82, 2.24) is 15.6 Å². The number of pyridine rings is 1. The van der Waals surface area contributed by atoms with Gasteiger partial charge in [0.25, 0.3) is 0 Å². The second-order valence-corrected chi connectivity index (χ2v) is 6.08. The van der Waals surface area contributed by atoms with E-state index in [1.54, 1.807) is 25.4 Å². The number of aromatic nitrogens is 1. The van der Waals surface area contributed by atoms with Crippen LogP contribution >= 0.6 is 35.6 Å². The highest BCUT2D eigenvalue weighted by Crippen LogP contribution is 2.17. The SMILES string of the molecule is CN=C(NCCc1ccc(Cl)nc1)NCC(C)c1ccc(F)c(F)c1.I. The molecule has 0 aliphatic carbocycles. The van der Waals surface area contributed by atoms with Crippen LogP contribution in [0.2, 0.25) is 5.15 Å². The van der Waals surface area contributed by atoms with E-state index in [0.717, 1.165) is 23.6 Å². The van der Waals surface area contributed by atoms with Gasteiger partial charge in [0.05, 0.1) is 0 Å². The van der Waals surface area contributed by atoms with Crippen molar-refractivity contribution in [3.8, 4) is 0 Å². The molecule has 0 bridgehead atoms. The summed E-state index contributed by atoms with van der Waals surface area (Å²) >= 11 is 5.76. The van der Waals surface area contributed by atoms with Crippen LogP contribution in [0.5, 0.6) is 0 Å². The first-order valence-corrected chi connectivity index (χ1v) is 8.37. The molecule has 142 valence electrons. The predicted octanol–water partition coefficient (Wildman–Crippen LogP) is 4.14. The Kier molecular flexibility index (Phi) is 9.79. The fourth-order valence-electron chi connectivity index (χ4n) is 2.29. The Labute approximate surface area is 174 Å². The molecule has 1 heterocycles. The first-order valence-electron chi connectivity index (χ1n) is 7.99. The molecule has 4 nitrogen and oxygen atoms in total. The Bertz CT molecular complexity index is 726. The molecule has 0 saturated carbocycles. The molecule has 26 heavy (non-hydrogen) atoms. The molecule has 1 aromatic heterocycles. The lowest BCUT2D eigenvalue weighted by atomic mass is 10.0. The van der Waals surface area contributed by atoms with Gasteiger partial charge in [-0.25, -0.2) is 13.8 Å². The van der Waals surface area contributed by atoms with Crippen LogP contribution in [0.4, 0.5) is 8.78 Å². The van der Waals surface area contributed by atoms with E-state index in [4.69, 9.17) is 11.6 Å². The lowest BCUT2D eigenvalue weighted by Crippen LogP contribution is -2.39. The summed E-state index contributed by atoms with van der Waals surface area (Å²) in [5.74, 6) is -1.01. The van der Waals surface area contributed by atoms with Gasteiger partial charge in [0.2, 0.25) is 0 Å². The number of aliphatic imine (C=N–C) groups is 1. The zero-order valence-corrected chi connectivity index (χ0v) is 17.7. The molecule has 1 unspecified atom stereocenters. The summed E-state index contributed by atoms with van der Waals surface area (Å²) in [6.07, 6.45) is 2.52. The lowest BCUT2D eigenvalue weighted by molar-refractivity contribution is 0.505. The predicted molar refractivity (Wildman–Crippen MR) is 113 cm³/mol. The molecule has 2 aromatic rings. The van der Waals surface area contributed by atoms with E-state index < -0.39 is 11.6 Å². The van der Waals surface area contributed by atoms with Crippen molar-refractivity contribution >= 4 is 41.5 Å². The summed E-state index contributed by atoms with van der Waals surface area (Å²) in [7, 11) is 1.68. The Morgan fingerprint density at radius 3 is 2.58 bits per heavy atom. The average Bonchev–Trinajstić information content (AvgIpc) is 2.61. The molecule has 2 rings (SSSR count). The van der Waals surface area contributed by atoms with Crippen molar-refractivity contribution in [3.63, 3.8) is 0 Å². The molecule has 0 amide bonds. The molecule has 0 radical (unpaired) electrons. The molecule has 0 aliphatic rings. The molecule has 0 fully saturated rings. The van der Waals surface area contributed by atoms with E-state index in [9.17, 15) is 8.78 Å². The Morgan fingerprint density at radius 2 is 1.96 bits per heavy atom. The molecule has 8 heteroatoms. The number of nitrogens with one attached hydrogen (secondary N) is 2. The van der Waals surface area contributed by atoms with Gasteiger partial charge in [-0.15, -0.1) is 24.0 Å². The van der Waals surface area contributed by atoms with Crippen LogP contribution in [-0.2, 0) is 6.42 Å². The number of rotatable bonds is 6. The zero-order valence-electron chi connectivity index (χ0n) is 14.6. The van der Waals surface area contributed by atoms with Gasteiger partial charge >= 0.3 is 0 Å². The summed E-state index contributed by atoms with van der Waals surface area (Å²) in [5.41, 5.74) is 1.80. The highest BCUT2D eigenvalue weighted by atomic mass is 127. The highest BCUT2D eigenvalue weighted by Gasteiger charge is 2.10. The third-order valence-electron chi connectivity index (χ3n) is 3.81. The minimum atomic E-state index is -0.835. The summed E-state index contributed by atoms with van der Waals surface area (Å²) in [6, 6.07) is 7.65. The molecule has 1 atom stereocenters. The maximum absolute atomic E-state index is 13.3. The van der Waals surface area contributed by atoms with Gasteiger partial charge in [-0.05, 0) is 41.7 Å². The fourth-order valence-corrected chi connectivity index (χ4v) is 2.40. The molecular formula is C18H22ClF2IN4. The van der Waals surface area contributed by atoms with E-state index in [1.807, 2.05) is 13.0 Å². The Hall–Kier alpha value is -1.48. The van der Waals surface area contributed by atoms with E-state index >= 15 is 0 Å². The van der Waals surface area contributed by atoms with Gasteiger partial charge in [-0.2, -0.15) is 0 Å². The van der Waals surface area contributed by atoms with Gasteiger partial charge in [-0.3, -0.25) is 4.99 Å². The van der Waals surface area contributed by atoms with E-state index in [1.165, 1.54) is 6.07 Å². The summed E-state index contributed by atoms with van der Waals surface area (Å²) in [5, 5.41) is 6.86. The van der Waals surface area contributed by atoms with Crippen LogP contribution in [0, 0.1) is 11.6 Å². The van der Waals surface area contributed by atoms with E-state index in [0.29, 0.717) is 24.2 Å². The van der Waals surface area contributed by atoms with Crippen LogP contribution in [-0.4, -0.2) is 31.1 Å². The largest absolute Gasteiger partial charge is 0.356 e. The first-order chi connectivity index (χ1) is 12.0. The van der Waals surface area contributed by atoms with Crippen molar-refractivity contribution in [1.29, 1.82) is 0 Å². The number of hydrogen-bond donors (Lipinski definition) is 2. The van der Waals surface area contributed by atoms with Gasteiger partial charge < -0.3 is 10.6 Å². The molecular weight excluding hydrogens is 473 g/mol. The normalized spacial score (nSPS) is 12.3. The van der Waals surface area contributed by atoms with E-state index in [2.05, 4.69) is 20.6 Å². The van der Waals surface area contributed by atoms with E-state index in [-0.39, 0.29) is 29.9 Å². The van der Waals surface area contributed by atoms with Gasteiger partial charge in [0.15, 0.2) is 17.6 Å². The average molecular weight is 495 g/mol. The molecule has 0 spiro atoms. The highest BCUT2D eigenvalue weighted by molar-refractivity contribution is 14.0. The third-order valence-corrected chi connectivity index (χ3v) is 4.03. The standard InChI is InChI=1S/C18H21ClF2N4.HI/c1-12(14-4-5-15(20)16(21)9-14)10-25-18(22-2)23-8-7-13-3-6-17(19)24-11-13;/h3-6,9,11-12H,7-8,10H2,1-2H3,(H2,22,23,25);1H. The quantitative estimate of drug-likeness (QED) is 0.275. The van der Waals surface area contributed by atoms with Crippen LogP contribution < -0.4 is 10.6 Å². The summed E-state index contributed by atoms with van der Waals surface area (Å²) < 4.78 is 26.3. The number of guanidine groups is 1. The van der Waals surface area contributed by atoms with Gasteiger partial charge in [-0.1, -0.05) is 30.7 Å². The number of halogens is 4. The number of benzene rings is 1. The fraction of sp³-hybridized carbons (Fsp3) is 0.333. The van der Waals surface area contributed by atoms with Crippen LogP contribution in [0.25, 0.3) is 0 Å². The van der Waals surface area contributed by atoms with Crippen molar-refractivity contribution < 1.29 is 8.78 Å². The molecule has 0 saturated heterocycles. The molecule has 2 N–H and O–H groups in total. The summed E-state index contributed by atoms with van der Waals surface area (Å²) in [4.78, 5) is 8.19. The summed E-state index contributed by atoms with van der Waals surface area (Å²) in [6.45, 7) is 3.17. The van der Waals surface area contributed by atoms with Crippen LogP contribution in [0.15, 0.2) is 41.5 Å². The van der Waals surface area contributed by atoms with Crippen molar-refractivity contribution in [2.75, 3.05) is 20.1 Å². The smallest absolute Gasteiger partial charge is 0.191 e. The van der Waals surface area contributed by atoms with Crippen molar-refractivity contribution in [2.24, 2.45) is 4.99 Å². The second-order valence-electron chi connectivity index (χ2n) is 5.69. The minimum Gasteiger partial charge on any atom is -0.356 e. The maximum Gasteiger partial charge on any atom is 0.191 e. The number of nitrogens with zero attached hydrogens (tertiary/aromatic N) is 2. The lowest BCUT2D eigenvalue weighted by Gasteiger charge is -2.16. The topological polar surface area (TPSA) is 49.3 Å². The van der Waals surface area contributed by atoms with Crippen LogP contribution in [0.3, 0.4) is 0 Å². The number of hydrogen-bond acceptors (Lipinski definition) is 2. The third kappa shape index (κ3) is 7.03. The zero-order chi connectivity index (χ0) is 18.2. The Morgan fingerprint density at radius 1 is 1.19 bits per heavy atom. The van der Waals surface area contributed by atoms with Gasteiger partial charge in [0.1, 0.15) is 5.15 Å². The first kappa shape index (κ1) is 22.6. The molecule has 1 aromatic carbocycles. The maximum atomic E-state index is 13.3. The second kappa shape index (κ2) is 11.3. The minimum absolute atomic E-state index is 0. The monoisotopic (exact) mass is 494 g/mol. The van der Waals surface area contributed by atoms with Crippen molar-refractivity contribution in [2.45, 2.75) is 19.3 Å².